The molecule has 4 N–H and O–H groups in total. The van der Waals surface area contributed by atoms with Gasteiger partial charge in [0.15, 0.2) is 0 Å². The van der Waals surface area contributed by atoms with Crippen LogP contribution >= 0.6 is 11.3 Å². The molecule has 7 nitrogen and oxygen atoms in total. The average molecular weight is 328 g/mol. The van der Waals surface area contributed by atoms with Crippen molar-refractivity contribution in [1.82, 2.24) is 15.2 Å². The number of hydrogen-bond acceptors (Lipinski definition) is 6. The van der Waals surface area contributed by atoms with Crippen molar-refractivity contribution in [2.45, 2.75) is 11.4 Å². The van der Waals surface area contributed by atoms with Crippen LogP contribution in [0.1, 0.15) is 5.69 Å². The summed E-state index contributed by atoms with van der Waals surface area (Å²) in [5, 5.41) is 7.13. The van der Waals surface area contributed by atoms with Gasteiger partial charge in [-0.2, -0.15) is 13.5 Å². The van der Waals surface area contributed by atoms with Gasteiger partial charge in [-0.1, -0.05) is 0 Å². The molecular weight excluding hydrogens is 319 g/mol. The van der Waals surface area contributed by atoms with Gasteiger partial charge < -0.3 is 5.73 Å². The Hall–Kier alpha value is -1.88. The van der Waals surface area contributed by atoms with Gasteiger partial charge in [0.05, 0.1) is 27.7 Å². The van der Waals surface area contributed by atoms with Gasteiger partial charge >= 0.3 is 0 Å². The fourth-order valence-electron chi connectivity index (χ4n) is 1.90. The number of aromatic nitrogens is 3. The molecule has 2 aromatic heterocycles. The van der Waals surface area contributed by atoms with Crippen LogP contribution in [0.25, 0.3) is 20.8 Å². The van der Waals surface area contributed by atoms with E-state index in [0.717, 1.165) is 23.5 Å². The first-order valence-electron chi connectivity index (χ1n) is 5.70. The highest BCUT2D eigenvalue weighted by atomic mass is 32.2. The van der Waals surface area contributed by atoms with Crippen molar-refractivity contribution >= 4 is 31.7 Å². The zero-order valence-corrected chi connectivity index (χ0v) is 12.0. The molecule has 0 amide bonds. The molecule has 0 atom stereocenters. The molecule has 1 aromatic carbocycles. The Balaban J connectivity index is 2.22. The van der Waals surface area contributed by atoms with Crippen molar-refractivity contribution in [2.24, 2.45) is 5.73 Å². The van der Waals surface area contributed by atoms with Crippen LogP contribution in [0.15, 0.2) is 23.2 Å². The topological polar surface area (TPSA) is 122 Å². The number of nitrogens with one attached hydrogen (secondary N) is 1. The van der Waals surface area contributed by atoms with E-state index < -0.39 is 20.8 Å². The molecule has 21 heavy (non-hydrogen) atoms. The molecule has 0 saturated heterocycles. The molecule has 110 valence electrons. The van der Waals surface area contributed by atoms with E-state index in [2.05, 4.69) is 15.2 Å². The minimum atomic E-state index is -4.62. The van der Waals surface area contributed by atoms with Gasteiger partial charge in [0, 0.05) is 12.6 Å². The third kappa shape index (κ3) is 2.42. The van der Waals surface area contributed by atoms with Crippen LogP contribution in [-0.2, 0) is 16.7 Å². The van der Waals surface area contributed by atoms with Crippen molar-refractivity contribution in [3.63, 3.8) is 0 Å². The molecule has 2 heterocycles. The van der Waals surface area contributed by atoms with Crippen molar-refractivity contribution < 1.29 is 17.4 Å². The molecule has 0 fully saturated rings. The van der Waals surface area contributed by atoms with Crippen molar-refractivity contribution in [3.8, 4) is 10.6 Å². The van der Waals surface area contributed by atoms with E-state index in [9.17, 15) is 12.8 Å². The molecule has 10 heteroatoms. The number of hydrogen-bond donors (Lipinski definition) is 3. The summed E-state index contributed by atoms with van der Waals surface area (Å²) < 4.78 is 45.3. The molecule has 0 aliphatic heterocycles. The maximum absolute atomic E-state index is 13.7. The highest BCUT2D eigenvalue weighted by Gasteiger charge is 2.19. The Morgan fingerprint density at radius 3 is 2.86 bits per heavy atom. The third-order valence-corrected chi connectivity index (χ3v) is 4.79. The van der Waals surface area contributed by atoms with E-state index in [0.29, 0.717) is 26.5 Å². The summed E-state index contributed by atoms with van der Waals surface area (Å²) in [6.45, 7) is 0.232. The molecule has 3 rings (SSSR count). The summed E-state index contributed by atoms with van der Waals surface area (Å²) >= 11 is 1.15. The SMILES string of the molecule is NCc1[nH]ncc1-c1nc2cc(F)c(S(=O)(=O)O)cc2s1. The van der Waals surface area contributed by atoms with Gasteiger partial charge in [-0.05, 0) is 6.07 Å². The van der Waals surface area contributed by atoms with Crippen LogP contribution < -0.4 is 5.73 Å². The Labute approximate surface area is 122 Å². The fourth-order valence-corrected chi connectivity index (χ4v) is 3.57. The minimum Gasteiger partial charge on any atom is -0.325 e. The van der Waals surface area contributed by atoms with E-state index in [4.69, 9.17) is 10.3 Å². The number of fused-ring (bicyclic) bond motifs is 1. The summed E-state index contributed by atoms with van der Waals surface area (Å²) in [7, 11) is -4.62. The summed E-state index contributed by atoms with van der Waals surface area (Å²) in [4.78, 5) is 3.47. The Bertz CT molecular complexity index is 932. The van der Waals surface area contributed by atoms with Crippen molar-refractivity contribution in [3.05, 3.63) is 29.8 Å². The molecule has 3 aromatic rings. The largest absolute Gasteiger partial charge is 0.325 e. The quantitative estimate of drug-likeness (QED) is 0.627. The lowest BCUT2D eigenvalue weighted by Crippen LogP contribution is -2.01. The number of halogens is 1. The molecule has 0 aliphatic carbocycles. The van der Waals surface area contributed by atoms with Crippen LogP contribution in [0, 0.1) is 5.82 Å². The Morgan fingerprint density at radius 1 is 1.43 bits per heavy atom. The van der Waals surface area contributed by atoms with E-state index in [-0.39, 0.29) is 6.54 Å². The number of rotatable bonds is 3. The lowest BCUT2D eigenvalue weighted by molar-refractivity contribution is 0.474. The zero-order valence-electron chi connectivity index (χ0n) is 10.4. The fraction of sp³-hybridized carbons (Fsp3) is 0.0909. The van der Waals surface area contributed by atoms with Crippen LogP contribution in [0.5, 0.6) is 0 Å². The van der Waals surface area contributed by atoms with Gasteiger partial charge in [-0.15, -0.1) is 11.3 Å². The summed E-state index contributed by atoms with van der Waals surface area (Å²) in [5.74, 6) is -1.05. The normalized spacial score (nSPS) is 12.1. The molecular formula is C11H9FN4O3S2. The highest BCUT2D eigenvalue weighted by molar-refractivity contribution is 7.85. The van der Waals surface area contributed by atoms with E-state index >= 15 is 0 Å². The second-order valence-corrected chi connectivity index (χ2v) is 6.63. The lowest BCUT2D eigenvalue weighted by Gasteiger charge is -1.98. The van der Waals surface area contributed by atoms with Crippen LogP contribution in [0.2, 0.25) is 0 Å². The van der Waals surface area contributed by atoms with Crippen LogP contribution in [0.3, 0.4) is 0 Å². The van der Waals surface area contributed by atoms with Crippen LogP contribution in [-0.4, -0.2) is 28.2 Å². The van der Waals surface area contributed by atoms with Gasteiger partial charge in [0.1, 0.15) is 15.7 Å². The molecule has 0 aliphatic rings. The maximum Gasteiger partial charge on any atom is 0.297 e. The van der Waals surface area contributed by atoms with Crippen molar-refractivity contribution in [2.75, 3.05) is 0 Å². The minimum absolute atomic E-state index is 0.232. The average Bonchev–Trinajstić information content (AvgIpc) is 3.01. The lowest BCUT2D eigenvalue weighted by atomic mass is 10.2. The second kappa shape index (κ2) is 4.84. The first kappa shape index (κ1) is 14.1. The Morgan fingerprint density at radius 2 is 2.19 bits per heavy atom. The number of benzene rings is 1. The van der Waals surface area contributed by atoms with Gasteiger partial charge in [0.25, 0.3) is 10.1 Å². The number of H-pyrrole nitrogens is 1. The van der Waals surface area contributed by atoms with Gasteiger partial charge in [0.2, 0.25) is 0 Å². The standard InChI is InChI=1S/C11H9FN4O3S2/c12-6-1-7-9(2-10(6)21(17,18)19)20-11(15-7)5-4-14-16-8(5)3-13/h1-2,4H,3,13H2,(H,14,16)(H,17,18,19). The first-order valence-corrected chi connectivity index (χ1v) is 7.96. The van der Waals surface area contributed by atoms with Crippen molar-refractivity contribution in [1.29, 1.82) is 0 Å². The first-order chi connectivity index (χ1) is 9.90. The Kier molecular flexibility index (Phi) is 3.24. The molecule has 0 saturated carbocycles. The second-order valence-electron chi connectivity index (χ2n) is 4.21. The predicted molar refractivity (Wildman–Crippen MR) is 74.9 cm³/mol. The molecule has 0 unspecified atom stereocenters. The van der Waals surface area contributed by atoms with Gasteiger partial charge in [-0.25, -0.2) is 9.37 Å². The number of aromatic amines is 1. The zero-order chi connectivity index (χ0) is 15.2. The maximum atomic E-state index is 13.7. The summed E-state index contributed by atoms with van der Waals surface area (Å²) in [6.07, 6.45) is 1.54. The number of thiazole rings is 1. The number of nitrogens with two attached hydrogens (primary N) is 1. The van der Waals surface area contributed by atoms with Gasteiger partial charge in [-0.3, -0.25) is 9.65 Å². The highest BCUT2D eigenvalue weighted by Crippen LogP contribution is 2.33. The van der Waals surface area contributed by atoms with E-state index in [1.165, 1.54) is 0 Å². The monoisotopic (exact) mass is 328 g/mol. The van der Waals surface area contributed by atoms with Crippen LogP contribution in [0.4, 0.5) is 4.39 Å². The van der Waals surface area contributed by atoms with E-state index in [1.54, 1.807) is 6.20 Å². The smallest absolute Gasteiger partial charge is 0.297 e. The molecule has 0 spiro atoms. The molecule has 0 radical (unpaired) electrons. The predicted octanol–water partition coefficient (Wildman–Crippen LogP) is 1.53. The summed E-state index contributed by atoms with van der Waals surface area (Å²) in [6, 6.07) is 2.03. The third-order valence-electron chi connectivity index (χ3n) is 2.87. The summed E-state index contributed by atoms with van der Waals surface area (Å²) in [5.41, 5.74) is 7.21. The number of nitrogens with zero attached hydrogens (tertiary/aromatic N) is 2. The van der Waals surface area contributed by atoms with E-state index in [1.807, 2.05) is 0 Å². The molecule has 0 bridgehead atoms.